The van der Waals surface area contributed by atoms with Gasteiger partial charge in [0.05, 0.1) is 10.4 Å². The fourth-order valence-corrected chi connectivity index (χ4v) is 2.94. The molecule has 5 nitrogen and oxygen atoms in total. The number of halogens is 1. The molecular formula is C21H14ClNO4. The van der Waals surface area contributed by atoms with Gasteiger partial charge in [-0.3, -0.25) is 14.2 Å². The molecule has 0 aliphatic carbocycles. The first kappa shape index (κ1) is 17.1. The van der Waals surface area contributed by atoms with Crippen LogP contribution in [0.15, 0.2) is 86.9 Å². The summed E-state index contributed by atoms with van der Waals surface area (Å²) in [5.74, 6) is 0.529. The van der Waals surface area contributed by atoms with Crippen LogP contribution in [0.2, 0.25) is 5.02 Å². The number of hydrogen-bond acceptors (Lipinski definition) is 4. The first-order valence-electron chi connectivity index (χ1n) is 8.24. The van der Waals surface area contributed by atoms with Crippen LogP contribution >= 0.6 is 11.6 Å². The summed E-state index contributed by atoms with van der Waals surface area (Å²) >= 11 is 6.11. The Hall–Kier alpha value is -3.31. The lowest BCUT2D eigenvalue weighted by Crippen LogP contribution is -2.18. The summed E-state index contributed by atoms with van der Waals surface area (Å²) in [7, 11) is 0. The van der Waals surface area contributed by atoms with E-state index < -0.39 is 0 Å². The third-order valence-corrected chi connectivity index (χ3v) is 4.37. The first-order valence-corrected chi connectivity index (χ1v) is 8.62. The molecule has 0 radical (unpaired) electrons. The lowest BCUT2D eigenvalue weighted by Gasteiger charge is -2.09. The van der Waals surface area contributed by atoms with Crippen LogP contribution in [-0.4, -0.2) is 4.57 Å². The number of pyridine rings is 1. The Labute approximate surface area is 159 Å². The van der Waals surface area contributed by atoms with Crippen molar-refractivity contribution in [2.75, 3.05) is 0 Å². The summed E-state index contributed by atoms with van der Waals surface area (Å²) in [4.78, 5) is 24.8. The third kappa shape index (κ3) is 3.50. The van der Waals surface area contributed by atoms with E-state index in [0.717, 1.165) is 5.56 Å². The summed E-state index contributed by atoms with van der Waals surface area (Å²) in [5, 5.41) is 0.671. The second-order valence-corrected chi connectivity index (χ2v) is 6.32. The van der Waals surface area contributed by atoms with E-state index in [1.807, 2.05) is 30.3 Å². The Morgan fingerprint density at radius 2 is 1.78 bits per heavy atom. The quantitative estimate of drug-likeness (QED) is 0.533. The minimum Gasteiger partial charge on any atom is -0.489 e. The minimum atomic E-state index is -0.380. The van der Waals surface area contributed by atoms with Crippen LogP contribution in [0.1, 0.15) is 5.56 Å². The molecule has 2 aromatic carbocycles. The number of hydrogen-bond donors (Lipinski definition) is 0. The van der Waals surface area contributed by atoms with Crippen molar-refractivity contribution in [1.29, 1.82) is 0 Å². The normalized spacial score (nSPS) is 10.9. The number of benzene rings is 2. The van der Waals surface area contributed by atoms with Gasteiger partial charge in [-0.05, 0) is 23.8 Å². The molecule has 27 heavy (non-hydrogen) atoms. The number of aromatic nitrogens is 1. The number of para-hydroxylation sites is 1. The number of rotatable bonds is 4. The van der Waals surface area contributed by atoms with Crippen LogP contribution in [0.4, 0.5) is 0 Å². The molecular weight excluding hydrogens is 366 g/mol. The minimum absolute atomic E-state index is 0.0974. The van der Waals surface area contributed by atoms with Crippen molar-refractivity contribution in [2.45, 2.75) is 6.61 Å². The third-order valence-electron chi connectivity index (χ3n) is 4.07. The highest BCUT2D eigenvalue weighted by molar-refractivity contribution is 6.34. The standard InChI is InChI=1S/C21H14ClNO4/c22-17-8-4-7-16-18(24)12-20(27-21(16)17)23-10-9-15(11-19(23)25)26-13-14-5-2-1-3-6-14/h1-12H,13H2. The smallest absolute Gasteiger partial charge is 0.261 e. The molecule has 0 spiro atoms. The molecule has 2 heterocycles. The molecule has 0 aliphatic heterocycles. The maximum atomic E-state index is 12.5. The van der Waals surface area contributed by atoms with E-state index in [1.54, 1.807) is 24.3 Å². The zero-order chi connectivity index (χ0) is 18.8. The van der Waals surface area contributed by atoms with Gasteiger partial charge in [-0.2, -0.15) is 0 Å². The monoisotopic (exact) mass is 379 g/mol. The van der Waals surface area contributed by atoms with E-state index in [9.17, 15) is 9.59 Å². The van der Waals surface area contributed by atoms with Crippen LogP contribution < -0.4 is 15.7 Å². The van der Waals surface area contributed by atoms with Crippen molar-refractivity contribution in [3.05, 3.63) is 104 Å². The highest BCUT2D eigenvalue weighted by atomic mass is 35.5. The molecule has 0 amide bonds. The molecule has 0 N–H and O–H groups in total. The summed E-state index contributed by atoms with van der Waals surface area (Å²) < 4.78 is 12.6. The van der Waals surface area contributed by atoms with E-state index in [-0.39, 0.29) is 22.5 Å². The Kier molecular flexibility index (Phi) is 4.52. The van der Waals surface area contributed by atoms with Gasteiger partial charge in [0.2, 0.25) is 5.88 Å². The summed E-state index contributed by atoms with van der Waals surface area (Å²) in [6.45, 7) is 0.352. The van der Waals surface area contributed by atoms with Gasteiger partial charge in [-0.15, -0.1) is 0 Å². The Morgan fingerprint density at radius 3 is 2.56 bits per heavy atom. The van der Waals surface area contributed by atoms with E-state index >= 15 is 0 Å². The second-order valence-electron chi connectivity index (χ2n) is 5.91. The maximum absolute atomic E-state index is 12.5. The molecule has 0 fully saturated rings. The summed E-state index contributed by atoms with van der Waals surface area (Å²) in [5.41, 5.74) is 0.593. The lowest BCUT2D eigenvalue weighted by atomic mass is 10.2. The summed E-state index contributed by atoms with van der Waals surface area (Å²) in [6, 6.07) is 18.8. The molecule has 4 aromatic rings. The van der Waals surface area contributed by atoms with E-state index in [4.69, 9.17) is 20.8 Å². The molecule has 0 saturated heterocycles. The number of fused-ring (bicyclic) bond motifs is 1. The molecule has 0 atom stereocenters. The van der Waals surface area contributed by atoms with Crippen molar-refractivity contribution >= 4 is 22.6 Å². The molecule has 0 aliphatic rings. The van der Waals surface area contributed by atoms with Crippen LogP contribution in [0.25, 0.3) is 16.9 Å². The van der Waals surface area contributed by atoms with Crippen LogP contribution in [-0.2, 0) is 6.61 Å². The van der Waals surface area contributed by atoms with Crippen molar-refractivity contribution in [1.82, 2.24) is 4.57 Å². The molecule has 0 saturated carbocycles. The van der Waals surface area contributed by atoms with Gasteiger partial charge >= 0.3 is 0 Å². The number of ether oxygens (including phenoxy) is 1. The van der Waals surface area contributed by atoms with Crippen molar-refractivity contribution in [2.24, 2.45) is 0 Å². The first-order chi connectivity index (χ1) is 13.1. The summed E-state index contributed by atoms with van der Waals surface area (Å²) in [6.07, 6.45) is 1.50. The van der Waals surface area contributed by atoms with E-state index in [2.05, 4.69) is 0 Å². The van der Waals surface area contributed by atoms with Crippen LogP contribution in [0.5, 0.6) is 5.75 Å². The fraction of sp³-hybridized carbons (Fsp3) is 0.0476. The van der Waals surface area contributed by atoms with Gasteiger partial charge < -0.3 is 9.15 Å². The average molecular weight is 380 g/mol. The van der Waals surface area contributed by atoms with Gasteiger partial charge in [0.25, 0.3) is 5.56 Å². The van der Waals surface area contributed by atoms with Crippen LogP contribution in [0, 0.1) is 0 Å². The Balaban J connectivity index is 1.67. The number of nitrogens with zero attached hydrogens (tertiary/aromatic N) is 1. The average Bonchev–Trinajstić information content (AvgIpc) is 2.68. The van der Waals surface area contributed by atoms with Crippen molar-refractivity contribution in [3.63, 3.8) is 0 Å². The molecule has 134 valence electrons. The van der Waals surface area contributed by atoms with Gasteiger partial charge in [0.1, 0.15) is 12.4 Å². The largest absolute Gasteiger partial charge is 0.489 e. The van der Waals surface area contributed by atoms with Gasteiger partial charge in [-0.1, -0.05) is 48.0 Å². The van der Waals surface area contributed by atoms with Crippen LogP contribution in [0.3, 0.4) is 0 Å². The SMILES string of the molecule is O=c1cc(-n2ccc(OCc3ccccc3)cc2=O)oc2c(Cl)cccc12. The van der Waals surface area contributed by atoms with Gasteiger partial charge in [0.15, 0.2) is 11.0 Å². The predicted molar refractivity (Wildman–Crippen MR) is 104 cm³/mol. The molecule has 4 rings (SSSR count). The van der Waals surface area contributed by atoms with Crippen molar-refractivity contribution in [3.8, 4) is 11.6 Å². The molecule has 2 aromatic heterocycles. The zero-order valence-electron chi connectivity index (χ0n) is 14.1. The zero-order valence-corrected chi connectivity index (χ0v) is 14.8. The van der Waals surface area contributed by atoms with Gasteiger partial charge in [-0.25, -0.2) is 0 Å². The molecule has 6 heteroatoms. The fourth-order valence-electron chi connectivity index (χ4n) is 2.72. The molecule has 0 bridgehead atoms. The lowest BCUT2D eigenvalue weighted by molar-refractivity contribution is 0.305. The highest BCUT2D eigenvalue weighted by Gasteiger charge is 2.11. The van der Waals surface area contributed by atoms with E-state index in [0.29, 0.717) is 22.8 Å². The Bertz CT molecular complexity index is 1230. The highest BCUT2D eigenvalue weighted by Crippen LogP contribution is 2.23. The molecule has 0 unspecified atom stereocenters. The maximum Gasteiger partial charge on any atom is 0.261 e. The second kappa shape index (κ2) is 7.13. The van der Waals surface area contributed by atoms with Gasteiger partial charge in [0, 0.05) is 18.3 Å². The van der Waals surface area contributed by atoms with Crippen molar-refractivity contribution < 1.29 is 9.15 Å². The topological polar surface area (TPSA) is 61.4 Å². The Morgan fingerprint density at radius 1 is 0.963 bits per heavy atom. The van der Waals surface area contributed by atoms with E-state index in [1.165, 1.54) is 22.9 Å². The predicted octanol–water partition coefficient (Wildman–Crippen LogP) is 4.18.